The smallest absolute Gasteiger partial charge is 0.254 e. The average Bonchev–Trinajstić information content (AvgIpc) is 3.28. The molecule has 2 aromatic carbocycles. The van der Waals surface area contributed by atoms with Crippen molar-refractivity contribution in [1.82, 2.24) is 14.4 Å². The highest BCUT2D eigenvalue weighted by atomic mass is 79.9. The fraction of sp³-hybridized carbons (Fsp3) is 0.379. The van der Waals surface area contributed by atoms with Crippen molar-refractivity contribution in [3.05, 3.63) is 94.0 Å². The van der Waals surface area contributed by atoms with Gasteiger partial charge >= 0.3 is 0 Å². The number of benzene rings is 2. The van der Waals surface area contributed by atoms with E-state index in [1.165, 1.54) is 23.8 Å². The third-order valence-electron chi connectivity index (χ3n) is 5.95. The number of hydrogen-bond donors (Lipinski definition) is 0. The van der Waals surface area contributed by atoms with Crippen LogP contribution in [0.25, 0.3) is 0 Å². The summed E-state index contributed by atoms with van der Waals surface area (Å²) in [5, 5.41) is 0. The predicted molar refractivity (Wildman–Crippen MR) is 145 cm³/mol. The average molecular weight is 557 g/mol. The van der Waals surface area contributed by atoms with E-state index in [1.807, 2.05) is 49.2 Å². The van der Waals surface area contributed by atoms with Crippen LogP contribution in [0.1, 0.15) is 55.2 Å². The van der Waals surface area contributed by atoms with Gasteiger partial charge in [0.25, 0.3) is 5.91 Å². The van der Waals surface area contributed by atoms with Gasteiger partial charge < -0.3 is 14.4 Å². The van der Waals surface area contributed by atoms with Gasteiger partial charge in [-0.25, -0.2) is 4.39 Å². The molecule has 0 spiro atoms. The molecule has 0 radical (unpaired) electrons. The van der Waals surface area contributed by atoms with Gasteiger partial charge in [0.1, 0.15) is 12.4 Å². The Morgan fingerprint density at radius 2 is 1.78 bits per heavy atom. The first-order chi connectivity index (χ1) is 17.3. The summed E-state index contributed by atoms with van der Waals surface area (Å²) >= 11 is 3.48. The molecular weight excluding hydrogens is 521 g/mol. The summed E-state index contributed by atoms with van der Waals surface area (Å²) < 4.78 is 16.9. The SMILES string of the molecule is CCCCN(Cc1cccn1Cc1ccc(Br)cc1)C(=O)CN(CC(C)C)C(=O)c1cccc(F)c1. The van der Waals surface area contributed by atoms with E-state index in [9.17, 15) is 14.0 Å². The molecule has 1 aromatic heterocycles. The standard InChI is InChI=1S/C29H35BrFN3O2/c1-4-5-15-33(20-27-10-7-16-32(27)19-23-11-13-25(30)14-12-23)28(35)21-34(18-22(2)3)29(36)24-8-6-9-26(31)17-24/h6-14,16-17,22H,4-5,15,18-21H2,1-3H3. The lowest BCUT2D eigenvalue weighted by Gasteiger charge is -2.29. The Morgan fingerprint density at radius 3 is 2.44 bits per heavy atom. The fourth-order valence-electron chi connectivity index (χ4n) is 4.10. The summed E-state index contributed by atoms with van der Waals surface area (Å²) in [5.74, 6) is -0.730. The lowest BCUT2D eigenvalue weighted by molar-refractivity contribution is -0.132. The maximum atomic E-state index is 13.8. The summed E-state index contributed by atoms with van der Waals surface area (Å²) in [4.78, 5) is 30.1. The van der Waals surface area contributed by atoms with Crippen molar-refractivity contribution >= 4 is 27.7 Å². The molecule has 0 bridgehead atoms. The minimum Gasteiger partial charge on any atom is -0.345 e. The maximum absolute atomic E-state index is 13.8. The number of nitrogens with zero attached hydrogens (tertiary/aromatic N) is 3. The van der Waals surface area contributed by atoms with Crippen molar-refractivity contribution in [2.24, 2.45) is 5.92 Å². The van der Waals surface area contributed by atoms with Crippen LogP contribution >= 0.6 is 15.9 Å². The van der Waals surface area contributed by atoms with Crippen LogP contribution in [0, 0.1) is 11.7 Å². The molecule has 0 atom stereocenters. The van der Waals surface area contributed by atoms with Crippen LogP contribution in [0.4, 0.5) is 4.39 Å². The van der Waals surface area contributed by atoms with E-state index in [4.69, 9.17) is 0 Å². The van der Waals surface area contributed by atoms with Crippen LogP contribution in [0.2, 0.25) is 0 Å². The van der Waals surface area contributed by atoms with Crippen molar-refractivity contribution in [1.29, 1.82) is 0 Å². The normalized spacial score (nSPS) is 11.1. The third-order valence-corrected chi connectivity index (χ3v) is 6.48. The summed E-state index contributed by atoms with van der Waals surface area (Å²) in [5.41, 5.74) is 2.46. The molecule has 7 heteroatoms. The second-order valence-electron chi connectivity index (χ2n) is 9.51. The lowest BCUT2D eigenvalue weighted by atomic mass is 10.1. The number of amides is 2. The summed E-state index contributed by atoms with van der Waals surface area (Å²) in [7, 11) is 0. The van der Waals surface area contributed by atoms with E-state index >= 15 is 0 Å². The number of carbonyl (C=O) groups is 2. The Hall–Kier alpha value is -2.93. The molecule has 0 aliphatic heterocycles. The second kappa shape index (κ2) is 13.4. The zero-order valence-electron chi connectivity index (χ0n) is 21.3. The van der Waals surface area contributed by atoms with Crippen LogP contribution in [0.15, 0.2) is 71.3 Å². The molecular formula is C29H35BrFN3O2. The Bertz CT molecular complexity index is 1140. The molecule has 5 nitrogen and oxygen atoms in total. The van der Waals surface area contributed by atoms with Crippen LogP contribution in [0.5, 0.6) is 0 Å². The monoisotopic (exact) mass is 555 g/mol. The van der Waals surface area contributed by atoms with Gasteiger partial charge in [-0.15, -0.1) is 0 Å². The molecule has 0 aliphatic rings. The summed E-state index contributed by atoms with van der Waals surface area (Å²) in [6, 6.07) is 17.9. The summed E-state index contributed by atoms with van der Waals surface area (Å²) in [6.45, 7) is 8.27. The highest BCUT2D eigenvalue weighted by Crippen LogP contribution is 2.16. The zero-order chi connectivity index (χ0) is 26.1. The minimum absolute atomic E-state index is 0.0370. The second-order valence-corrected chi connectivity index (χ2v) is 10.4. The van der Waals surface area contributed by atoms with Crippen molar-refractivity contribution in [3.63, 3.8) is 0 Å². The first-order valence-corrected chi connectivity index (χ1v) is 13.3. The molecule has 0 fully saturated rings. The topological polar surface area (TPSA) is 45.6 Å². The molecule has 0 N–H and O–H groups in total. The first-order valence-electron chi connectivity index (χ1n) is 12.5. The highest BCUT2D eigenvalue weighted by molar-refractivity contribution is 9.10. The first kappa shape index (κ1) is 27.7. The van der Waals surface area contributed by atoms with E-state index in [1.54, 1.807) is 11.0 Å². The van der Waals surface area contributed by atoms with Crippen LogP contribution in [0.3, 0.4) is 0 Å². The molecule has 0 unspecified atom stereocenters. The maximum Gasteiger partial charge on any atom is 0.254 e. The van der Waals surface area contributed by atoms with Crippen molar-refractivity contribution in [2.45, 2.75) is 46.7 Å². The van der Waals surface area contributed by atoms with Crippen molar-refractivity contribution < 1.29 is 14.0 Å². The van der Waals surface area contributed by atoms with Gasteiger partial charge in [0.05, 0.1) is 6.54 Å². The molecule has 0 saturated heterocycles. The Balaban J connectivity index is 1.77. The van der Waals surface area contributed by atoms with E-state index < -0.39 is 5.82 Å². The van der Waals surface area contributed by atoms with E-state index in [2.05, 4.69) is 39.6 Å². The number of halogens is 2. The van der Waals surface area contributed by atoms with Crippen molar-refractivity contribution in [3.8, 4) is 0 Å². The van der Waals surface area contributed by atoms with Crippen LogP contribution in [-0.4, -0.2) is 45.8 Å². The predicted octanol–water partition coefficient (Wildman–Crippen LogP) is 6.37. The largest absolute Gasteiger partial charge is 0.345 e. The van der Waals surface area contributed by atoms with Gasteiger partial charge in [-0.2, -0.15) is 0 Å². The Labute approximate surface area is 222 Å². The molecule has 3 aromatic rings. The van der Waals surface area contributed by atoms with Gasteiger partial charge in [-0.1, -0.05) is 61.3 Å². The number of rotatable bonds is 12. The molecule has 36 heavy (non-hydrogen) atoms. The molecule has 0 aliphatic carbocycles. The van der Waals surface area contributed by atoms with E-state index in [0.29, 0.717) is 26.2 Å². The molecule has 2 amide bonds. The van der Waals surface area contributed by atoms with Gasteiger partial charge in [0.15, 0.2) is 0 Å². The van der Waals surface area contributed by atoms with Crippen molar-refractivity contribution in [2.75, 3.05) is 19.6 Å². The quantitative estimate of drug-likeness (QED) is 0.261. The Kier molecular flexibility index (Phi) is 10.3. The zero-order valence-corrected chi connectivity index (χ0v) is 22.9. The van der Waals surface area contributed by atoms with Gasteiger partial charge in [0.2, 0.25) is 5.91 Å². The molecule has 3 rings (SSSR count). The van der Waals surface area contributed by atoms with Gasteiger partial charge in [-0.3, -0.25) is 9.59 Å². The highest BCUT2D eigenvalue weighted by Gasteiger charge is 2.24. The molecule has 192 valence electrons. The number of aromatic nitrogens is 1. The minimum atomic E-state index is -0.465. The van der Waals surface area contributed by atoms with E-state index in [-0.39, 0.29) is 29.8 Å². The van der Waals surface area contributed by atoms with Crippen LogP contribution in [-0.2, 0) is 17.9 Å². The number of carbonyl (C=O) groups excluding carboxylic acids is 2. The summed E-state index contributed by atoms with van der Waals surface area (Å²) in [6.07, 6.45) is 3.86. The van der Waals surface area contributed by atoms with E-state index in [0.717, 1.165) is 23.0 Å². The van der Waals surface area contributed by atoms with Gasteiger partial charge in [-0.05, 0) is 60.4 Å². The van der Waals surface area contributed by atoms with Crippen LogP contribution < -0.4 is 0 Å². The number of hydrogen-bond acceptors (Lipinski definition) is 2. The molecule has 1 heterocycles. The number of unbranched alkanes of at least 4 members (excludes halogenated alkanes) is 1. The third kappa shape index (κ3) is 8.05. The van der Waals surface area contributed by atoms with Gasteiger partial charge in [0, 0.05) is 41.6 Å². The molecule has 0 saturated carbocycles. The Morgan fingerprint density at radius 1 is 1.03 bits per heavy atom. The lowest BCUT2D eigenvalue weighted by Crippen LogP contribution is -2.44. The fourth-order valence-corrected chi connectivity index (χ4v) is 4.36.